The van der Waals surface area contributed by atoms with Gasteiger partial charge in [0.1, 0.15) is 4.32 Å². The molecule has 0 bridgehead atoms. The van der Waals surface area contributed by atoms with Gasteiger partial charge >= 0.3 is 0 Å². The van der Waals surface area contributed by atoms with E-state index in [2.05, 4.69) is 0 Å². The second-order valence-electron chi connectivity index (χ2n) is 5.41. The van der Waals surface area contributed by atoms with E-state index in [0.717, 1.165) is 5.69 Å². The molecule has 2 aromatic rings. The van der Waals surface area contributed by atoms with Crippen LogP contribution in [0.2, 0.25) is 0 Å². The highest BCUT2D eigenvalue weighted by Gasteiger charge is 2.31. The fourth-order valence-electron chi connectivity index (χ4n) is 2.51. The van der Waals surface area contributed by atoms with E-state index in [1.165, 1.54) is 28.8 Å². The van der Waals surface area contributed by atoms with Gasteiger partial charge in [-0.1, -0.05) is 30.0 Å². The van der Waals surface area contributed by atoms with Crippen LogP contribution < -0.4 is 0 Å². The van der Waals surface area contributed by atoms with Gasteiger partial charge in [0.25, 0.3) is 11.6 Å². The number of thioether (sulfide) groups is 1. The van der Waals surface area contributed by atoms with E-state index in [1.807, 2.05) is 12.1 Å². The van der Waals surface area contributed by atoms with Gasteiger partial charge in [0.2, 0.25) is 0 Å². The zero-order valence-corrected chi connectivity index (χ0v) is 15.5. The third kappa shape index (κ3) is 3.69. The number of hydrogen-bond acceptors (Lipinski definition) is 6. The van der Waals surface area contributed by atoms with Gasteiger partial charge in [-0.25, -0.2) is 0 Å². The topological polar surface area (TPSA) is 77.6 Å². The summed E-state index contributed by atoms with van der Waals surface area (Å²) in [6, 6.07) is 9.97. The van der Waals surface area contributed by atoms with Gasteiger partial charge in [-0.15, -0.1) is 0 Å². The monoisotopic (exact) mass is 389 g/mol. The average Bonchev–Trinajstić information content (AvgIpc) is 3.19. The molecule has 7 nitrogen and oxygen atoms in total. The normalized spacial score (nSPS) is 15.9. The molecule has 1 fully saturated rings. The number of ether oxygens (including phenoxy) is 1. The van der Waals surface area contributed by atoms with Crippen molar-refractivity contribution in [3.8, 4) is 5.69 Å². The first-order valence-corrected chi connectivity index (χ1v) is 8.90. The van der Waals surface area contributed by atoms with Crippen LogP contribution in [0.15, 0.2) is 47.5 Å². The Labute approximate surface area is 159 Å². The maximum Gasteiger partial charge on any atom is 0.271 e. The Bertz CT molecular complexity index is 907. The number of nitrogens with zero attached hydrogens (tertiary/aromatic N) is 3. The molecule has 1 aromatic carbocycles. The number of nitro benzene ring substituents is 1. The molecular formula is C17H15N3O4S2. The van der Waals surface area contributed by atoms with Gasteiger partial charge in [0, 0.05) is 31.1 Å². The molecule has 2 heterocycles. The maximum atomic E-state index is 12.5. The third-order valence-electron chi connectivity index (χ3n) is 3.77. The molecule has 0 unspecified atom stereocenters. The number of non-ortho nitro benzene ring substituents is 1. The molecule has 9 heteroatoms. The quantitative estimate of drug-likeness (QED) is 0.327. The van der Waals surface area contributed by atoms with Gasteiger partial charge < -0.3 is 9.30 Å². The molecular weight excluding hydrogens is 374 g/mol. The summed E-state index contributed by atoms with van der Waals surface area (Å²) in [4.78, 5) is 25.1. The fraction of sp³-hybridized carbons (Fsp3) is 0.176. The number of benzene rings is 1. The molecule has 1 saturated heterocycles. The van der Waals surface area contributed by atoms with Crippen LogP contribution in [-0.2, 0) is 9.53 Å². The van der Waals surface area contributed by atoms with Crippen LogP contribution in [0.1, 0.15) is 5.69 Å². The molecule has 1 amide bonds. The number of methoxy groups -OCH3 is 1. The lowest BCUT2D eigenvalue weighted by atomic mass is 10.2. The minimum atomic E-state index is -0.437. The van der Waals surface area contributed by atoms with Crippen LogP contribution in [0.5, 0.6) is 0 Å². The first-order valence-electron chi connectivity index (χ1n) is 7.68. The lowest BCUT2D eigenvalue weighted by molar-refractivity contribution is -0.384. The Morgan fingerprint density at radius 1 is 1.35 bits per heavy atom. The average molecular weight is 389 g/mol. The molecule has 0 spiro atoms. The van der Waals surface area contributed by atoms with E-state index in [-0.39, 0.29) is 11.6 Å². The second kappa shape index (κ2) is 7.81. The van der Waals surface area contributed by atoms with Crippen molar-refractivity contribution in [2.75, 3.05) is 20.3 Å². The molecule has 1 aliphatic rings. The van der Waals surface area contributed by atoms with E-state index < -0.39 is 4.92 Å². The van der Waals surface area contributed by atoms with Crippen LogP contribution in [0.4, 0.5) is 5.69 Å². The summed E-state index contributed by atoms with van der Waals surface area (Å²) in [5.74, 6) is -0.163. The summed E-state index contributed by atoms with van der Waals surface area (Å²) in [7, 11) is 1.57. The SMILES string of the molecule is COCCN1C(=O)C(=Cc2cccn2-c2cccc([N+](=O)[O-])c2)SC1=S. The van der Waals surface area contributed by atoms with Gasteiger partial charge in [-0.3, -0.25) is 19.8 Å². The molecule has 1 aliphatic heterocycles. The standard InChI is InChI=1S/C17H15N3O4S2/c1-24-9-8-19-16(21)15(26-17(19)25)11-13-6-3-7-18(13)12-4-2-5-14(10-12)20(22)23/h2-7,10-11H,8-9H2,1H3. The molecule has 1 aromatic heterocycles. The molecule has 26 heavy (non-hydrogen) atoms. The van der Waals surface area contributed by atoms with Crippen LogP contribution in [-0.4, -0.2) is 44.9 Å². The predicted molar refractivity (Wildman–Crippen MR) is 104 cm³/mol. The van der Waals surface area contributed by atoms with Gasteiger partial charge in [-0.05, 0) is 24.3 Å². The van der Waals surface area contributed by atoms with Crippen molar-refractivity contribution < 1.29 is 14.5 Å². The van der Waals surface area contributed by atoms with E-state index in [1.54, 1.807) is 36.1 Å². The van der Waals surface area contributed by atoms with Gasteiger partial charge in [0.05, 0.1) is 28.7 Å². The van der Waals surface area contributed by atoms with E-state index >= 15 is 0 Å². The van der Waals surface area contributed by atoms with Crippen molar-refractivity contribution in [3.63, 3.8) is 0 Å². The molecule has 0 N–H and O–H groups in total. The zero-order chi connectivity index (χ0) is 18.7. The zero-order valence-electron chi connectivity index (χ0n) is 13.8. The number of amides is 1. The van der Waals surface area contributed by atoms with E-state index in [4.69, 9.17) is 17.0 Å². The first kappa shape index (κ1) is 18.3. The third-order valence-corrected chi connectivity index (χ3v) is 5.15. The van der Waals surface area contributed by atoms with E-state index in [9.17, 15) is 14.9 Å². The summed E-state index contributed by atoms with van der Waals surface area (Å²) in [5, 5.41) is 11.0. The van der Waals surface area contributed by atoms with Crippen LogP contribution in [0.25, 0.3) is 11.8 Å². The molecule has 134 valence electrons. The minimum Gasteiger partial charge on any atom is -0.383 e. The van der Waals surface area contributed by atoms with Crippen molar-refractivity contribution in [3.05, 3.63) is 63.3 Å². The second-order valence-corrected chi connectivity index (χ2v) is 7.08. The fourth-order valence-corrected chi connectivity index (χ4v) is 3.81. The summed E-state index contributed by atoms with van der Waals surface area (Å²) in [6.07, 6.45) is 3.53. The Kier molecular flexibility index (Phi) is 5.50. The highest BCUT2D eigenvalue weighted by atomic mass is 32.2. The molecule has 0 saturated carbocycles. The number of hydrogen-bond donors (Lipinski definition) is 0. The molecule has 0 atom stereocenters. The largest absolute Gasteiger partial charge is 0.383 e. The van der Waals surface area contributed by atoms with Crippen LogP contribution >= 0.6 is 24.0 Å². The summed E-state index contributed by atoms with van der Waals surface area (Å²) >= 11 is 6.50. The minimum absolute atomic E-state index is 0.00744. The number of nitro groups is 1. The van der Waals surface area contributed by atoms with Crippen molar-refractivity contribution in [2.45, 2.75) is 0 Å². The highest BCUT2D eigenvalue weighted by molar-refractivity contribution is 8.26. The van der Waals surface area contributed by atoms with Crippen LogP contribution in [0, 0.1) is 10.1 Å². The molecule has 3 rings (SSSR count). The summed E-state index contributed by atoms with van der Waals surface area (Å²) in [6.45, 7) is 0.814. The first-order chi connectivity index (χ1) is 12.5. The van der Waals surface area contributed by atoms with E-state index in [0.29, 0.717) is 28.1 Å². The molecule has 0 aliphatic carbocycles. The summed E-state index contributed by atoms with van der Waals surface area (Å²) < 4.78 is 7.29. The van der Waals surface area contributed by atoms with Crippen molar-refractivity contribution in [2.24, 2.45) is 0 Å². The number of aromatic nitrogens is 1. The Morgan fingerprint density at radius 2 is 2.15 bits per heavy atom. The predicted octanol–water partition coefficient (Wildman–Crippen LogP) is 3.23. The van der Waals surface area contributed by atoms with Gasteiger partial charge in [-0.2, -0.15) is 0 Å². The van der Waals surface area contributed by atoms with Crippen LogP contribution in [0.3, 0.4) is 0 Å². The number of carbonyl (C=O) groups is 1. The molecule has 0 radical (unpaired) electrons. The Morgan fingerprint density at radius 3 is 2.88 bits per heavy atom. The maximum absolute atomic E-state index is 12.5. The van der Waals surface area contributed by atoms with Crippen molar-refractivity contribution in [1.82, 2.24) is 9.47 Å². The van der Waals surface area contributed by atoms with Gasteiger partial charge in [0.15, 0.2) is 0 Å². The number of thiocarbonyl (C=S) groups is 1. The van der Waals surface area contributed by atoms with Crippen molar-refractivity contribution >= 4 is 46.0 Å². The number of carbonyl (C=O) groups excluding carboxylic acids is 1. The van der Waals surface area contributed by atoms with Crippen molar-refractivity contribution in [1.29, 1.82) is 0 Å². The number of rotatable bonds is 6. The lowest BCUT2D eigenvalue weighted by Crippen LogP contribution is -2.31. The lowest BCUT2D eigenvalue weighted by Gasteiger charge is -2.13. The Hall–Kier alpha value is -2.49. The summed E-state index contributed by atoms with van der Waals surface area (Å²) in [5.41, 5.74) is 1.39. The smallest absolute Gasteiger partial charge is 0.271 e. The highest BCUT2D eigenvalue weighted by Crippen LogP contribution is 2.33. The Balaban J connectivity index is 1.91.